The van der Waals surface area contributed by atoms with E-state index in [0.29, 0.717) is 17.3 Å². The zero-order valence-corrected chi connectivity index (χ0v) is 16.4. The first-order valence-electron chi connectivity index (χ1n) is 10.6. The molecule has 1 N–H and O–H groups in total. The van der Waals surface area contributed by atoms with Crippen molar-refractivity contribution in [2.45, 2.75) is 64.9 Å². The molecule has 1 aromatic rings. The maximum Gasteiger partial charge on any atom is 0.335 e. The van der Waals surface area contributed by atoms with Crippen LogP contribution < -0.4 is 5.63 Å². The summed E-state index contributed by atoms with van der Waals surface area (Å²) in [6, 6.07) is 3.44. The van der Waals surface area contributed by atoms with Crippen molar-refractivity contribution >= 4 is 5.57 Å². The molecule has 3 fully saturated rings. The average molecular weight is 367 g/mol. The first-order valence-corrected chi connectivity index (χ1v) is 10.6. The number of hydrogen-bond donors (Lipinski definition) is 1. The smallest absolute Gasteiger partial charge is 0.335 e. The van der Waals surface area contributed by atoms with Crippen molar-refractivity contribution in [3.05, 3.63) is 52.1 Å². The lowest BCUT2D eigenvalue weighted by Gasteiger charge is -2.59. The summed E-state index contributed by atoms with van der Waals surface area (Å²) in [6.45, 7) is 4.90. The molecule has 27 heavy (non-hydrogen) atoms. The molecule has 4 aliphatic carbocycles. The van der Waals surface area contributed by atoms with Gasteiger partial charge in [-0.15, -0.1) is 0 Å². The largest absolute Gasteiger partial charge is 0.431 e. The number of aliphatic hydroxyl groups is 1. The van der Waals surface area contributed by atoms with Crippen molar-refractivity contribution in [2.24, 2.45) is 28.6 Å². The first kappa shape index (κ1) is 17.5. The van der Waals surface area contributed by atoms with E-state index in [0.717, 1.165) is 30.7 Å². The molecule has 0 saturated heterocycles. The van der Waals surface area contributed by atoms with Gasteiger partial charge in [-0.2, -0.15) is 0 Å². The molecule has 0 aromatic carbocycles. The molecular formula is C24H30O3. The van der Waals surface area contributed by atoms with E-state index in [1.54, 1.807) is 11.8 Å². The van der Waals surface area contributed by atoms with Gasteiger partial charge in [-0.05, 0) is 79.8 Å². The van der Waals surface area contributed by atoms with Gasteiger partial charge < -0.3 is 9.52 Å². The Balaban J connectivity index is 1.46. The van der Waals surface area contributed by atoms with Crippen molar-refractivity contribution in [2.75, 3.05) is 0 Å². The number of fused-ring (bicyclic) bond motifs is 5. The summed E-state index contributed by atoms with van der Waals surface area (Å²) < 4.78 is 5.16. The molecule has 0 radical (unpaired) electrons. The summed E-state index contributed by atoms with van der Waals surface area (Å²) in [5.74, 6) is 2.08. The molecule has 1 aromatic heterocycles. The van der Waals surface area contributed by atoms with E-state index >= 15 is 0 Å². The summed E-state index contributed by atoms with van der Waals surface area (Å²) in [5.41, 5.74) is 4.12. The van der Waals surface area contributed by atoms with Gasteiger partial charge in [-0.1, -0.05) is 31.6 Å². The fourth-order valence-electron chi connectivity index (χ4n) is 7.16. The Labute approximate surface area is 161 Å². The van der Waals surface area contributed by atoms with Crippen molar-refractivity contribution in [3.63, 3.8) is 0 Å². The lowest BCUT2D eigenvalue weighted by atomic mass is 9.46. The minimum Gasteiger partial charge on any atom is -0.431 e. The van der Waals surface area contributed by atoms with Crippen LogP contribution in [0.1, 0.15) is 64.4 Å². The van der Waals surface area contributed by atoms with Gasteiger partial charge in [0, 0.05) is 17.0 Å². The van der Waals surface area contributed by atoms with Gasteiger partial charge in [0.15, 0.2) is 0 Å². The van der Waals surface area contributed by atoms with E-state index in [-0.39, 0.29) is 17.1 Å². The van der Waals surface area contributed by atoms with Gasteiger partial charge in [-0.25, -0.2) is 4.79 Å². The second kappa shape index (κ2) is 5.94. The zero-order chi connectivity index (χ0) is 18.8. The Kier molecular flexibility index (Phi) is 3.85. The molecule has 6 atom stereocenters. The zero-order valence-electron chi connectivity index (χ0n) is 16.4. The second-order valence-corrected chi connectivity index (χ2v) is 9.84. The average Bonchev–Trinajstić information content (AvgIpc) is 3.00. The van der Waals surface area contributed by atoms with Gasteiger partial charge in [0.25, 0.3) is 0 Å². The van der Waals surface area contributed by atoms with Crippen molar-refractivity contribution < 1.29 is 9.52 Å². The highest BCUT2D eigenvalue weighted by molar-refractivity contribution is 5.78. The Morgan fingerprint density at radius 2 is 1.93 bits per heavy atom. The lowest BCUT2D eigenvalue weighted by molar-refractivity contribution is -0.0784. The monoisotopic (exact) mass is 366 g/mol. The molecule has 4 aliphatic rings. The van der Waals surface area contributed by atoms with Crippen LogP contribution in [-0.2, 0) is 0 Å². The van der Waals surface area contributed by atoms with Crippen molar-refractivity contribution in [1.29, 1.82) is 0 Å². The highest BCUT2D eigenvalue weighted by Crippen LogP contribution is 2.66. The third-order valence-corrected chi connectivity index (χ3v) is 8.69. The molecule has 5 rings (SSSR count). The SMILES string of the molecule is C[C@]12CC[C@H]3[C@@H](CC[C@@H]4C[C@H](O)CC[C@@]43C)C1=CC=C2c1ccc(=O)oc1. The Morgan fingerprint density at radius 1 is 1.07 bits per heavy atom. The van der Waals surface area contributed by atoms with Crippen LogP contribution >= 0.6 is 0 Å². The summed E-state index contributed by atoms with van der Waals surface area (Å²) >= 11 is 0. The van der Waals surface area contributed by atoms with Gasteiger partial charge in [0.2, 0.25) is 0 Å². The summed E-state index contributed by atoms with van der Waals surface area (Å²) in [6.07, 6.45) is 14.3. The Morgan fingerprint density at radius 3 is 2.70 bits per heavy atom. The Hall–Kier alpha value is -1.61. The van der Waals surface area contributed by atoms with Crippen molar-refractivity contribution in [1.82, 2.24) is 0 Å². The highest BCUT2D eigenvalue weighted by atomic mass is 16.4. The van der Waals surface area contributed by atoms with E-state index in [1.807, 2.05) is 6.07 Å². The molecule has 144 valence electrons. The van der Waals surface area contributed by atoms with Crippen molar-refractivity contribution in [3.8, 4) is 0 Å². The van der Waals surface area contributed by atoms with Crippen LogP contribution in [0.3, 0.4) is 0 Å². The maximum absolute atomic E-state index is 11.4. The molecule has 0 bridgehead atoms. The fraction of sp³-hybridized carbons (Fsp3) is 0.625. The minimum atomic E-state index is -0.287. The van der Waals surface area contributed by atoms with Crippen LogP contribution in [0.15, 0.2) is 45.3 Å². The second-order valence-electron chi connectivity index (χ2n) is 9.84. The van der Waals surface area contributed by atoms with Gasteiger partial charge in [0.05, 0.1) is 6.10 Å². The van der Waals surface area contributed by atoms with Gasteiger partial charge in [-0.3, -0.25) is 0 Å². The van der Waals surface area contributed by atoms with Gasteiger partial charge >= 0.3 is 5.63 Å². The summed E-state index contributed by atoms with van der Waals surface area (Å²) in [7, 11) is 0. The lowest BCUT2D eigenvalue weighted by Crippen LogP contribution is -2.51. The van der Waals surface area contributed by atoms with E-state index < -0.39 is 0 Å². The normalized spacial score (nSPS) is 43.2. The van der Waals surface area contributed by atoms with Crippen LogP contribution in [0, 0.1) is 28.6 Å². The predicted octanol–water partition coefficient (Wildman–Crippen LogP) is 4.96. The number of allylic oxidation sites excluding steroid dienone is 4. The molecule has 1 heterocycles. The Bertz CT molecular complexity index is 857. The third-order valence-electron chi connectivity index (χ3n) is 8.69. The van der Waals surface area contributed by atoms with Crippen LogP contribution in [0.5, 0.6) is 0 Å². The molecule has 3 heteroatoms. The summed E-state index contributed by atoms with van der Waals surface area (Å²) in [4.78, 5) is 11.4. The molecule has 3 saturated carbocycles. The minimum absolute atomic E-state index is 0.0679. The maximum atomic E-state index is 11.4. The van der Waals surface area contributed by atoms with Gasteiger partial charge in [0.1, 0.15) is 6.26 Å². The topological polar surface area (TPSA) is 50.4 Å². The van der Waals surface area contributed by atoms with Crippen LogP contribution in [0.4, 0.5) is 0 Å². The van der Waals surface area contributed by atoms with Crippen LogP contribution in [0.2, 0.25) is 0 Å². The van der Waals surface area contributed by atoms with E-state index in [9.17, 15) is 9.90 Å². The standard InChI is InChI=1S/C24H30O3/c1-23-11-9-17(25)13-16(23)4-5-18-20-7-6-19(15-3-8-22(26)27-14-15)24(20,2)12-10-21(18)23/h3,6-8,14,16-18,21,25H,4-5,9-13H2,1-2H3/t16-,17-,18+,21+,23+,24-/m1/s1. The molecule has 0 unspecified atom stereocenters. The first-order chi connectivity index (χ1) is 12.9. The quantitative estimate of drug-likeness (QED) is 0.764. The summed E-state index contributed by atoms with van der Waals surface area (Å²) in [5, 5.41) is 10.2. The van der Waals surface area contributed by atoms with E-state index in [2.05, 4.69) is 26.0 Å². The molecule has 0 spiro atoms. The van der Waals surface area contributed by atoms with Crippen LogP contribution in [-0.4, -0.2) is 11.2 Å². The highest BCUT2D eigenvalue weighted by Gasteiger charge is 2.56. The molecular weight excluding hydrogens is 336 g/mol. The molecule has 3 nitrogen and oxygen atoms in total. The predicted molar refractivity (Wildman–Crippen MR) is 106 cm³/mol. The molecule has 0 amide bonds. The van der Waals surface area contributed by atoms with E-state index in [4.69, 9.17) is 4.42 Å². The van der Waals surface area contributed by atoms with Crippen LogP contribution in [0.25, 0.3) is 5.57 Å². The number of hydrogen-bond acceptors (Lipinski definition) is 3. The fourth-order valence-corrected chi connectivity index (χ4v) is 7.16. The number of rotatable bonds is 1. The van der Waals surface area contributed by atoms with E-state index in [1.165, 1.54) is 37.3 Å². The third kappa shape index (κ3) is 2.47. The number of aliphatic hydroxyl groups excluding tert-OH is 1. The molecule has 0 aliphatic heterocycles.